The van der Waals surface area contributed by atoms with Gasteiger partial charge in [-0.05, 0) is 90.1 Å². The second-order valence-corrected chi connectivity index (χ2v) is 7.74. The van der Waals surface area contributed by atoms with Crippen LogP contribution in [-0.4, -0.2) is 18.1 Å². The monoisotopic (exact) mass is 518 g/mol. The zero-order valence-corrected chi connectivity index (χ0v) is 17.9. The first-order valence-electron chi connectivity index (χ1n) is 7.04. The molecule has 0 unspecified atom stereocenters. The number of hydrogen-bond acceptors (Lipinski definition) is 3. The molecule has 2 aromatic rings. The van der Waals surface area contributed by atoms with Crippen LogP contribution in [0.15, 0.2) is 34.8 Å². The number of carbonyl (C=O) groups is 1. The summed E-state index contributed by atoms with van der Waals surface area (Å²) in [6, 6.07) is 9.54. The fourth-order valence-electron chi connectivity index (χ4n) is 2.26. The van der Waals surface area contributed by atoms with Crippen molar-refractivity contribution in [2.45, 2.75) is 13.8 Å². The normalized spacial score (nSPS) is 10.2. The van der Waals surface area contributed by atoms with Crippen LogP contribution in [-0.2, 0) is 0 Å². The molecule has 2 N–H and O–H groups in total. The van der Waals surface area contributed by atoms with Gasteiger partial charge in [0.15, 0.2) is 5.11 Å². The van der Waals surface area contributed by atoms with Crippen LogP contribution in [0.3, 0.4) is 0 Å². The molecule has 0 radical (unpaired) electrons. The van der Waals surface area contributed by atoms with Crippen LogP contribution < -0.4 is 15.4 Å². The number of ether oxygens (including phenoxy) is 1. The quantitative estimate of drug-likeness (QED) is 0.452. The summed E-state index contributed by atoms with van der Waals surface area (Å²) >= 11 is 10.9. The predicted molar refractivity (Wildman–Crippen MR) is 113 cm³/mol. The molecule has 4 nitrogen and oxygen atoms in total. The number of rotatable bonds is 3. The maximum Gasteiger partial charge on any atom is 0.261 e. The van der Waals surface area contributed by atoms with E-state index < -0.39 is 0 Å². The molecule has 0 saturated carbocycles. The zero-order valence-electron chi connectivity index (χ0n) is 13.4. The van der Waals surface area contributed by atoms with Crippen molar-refractivity contribution >= 4 is 67.4 Å². The lowest BCUT2D eigenvalue weighted by molar-refractivity contribution is 0.0974. The Morgan fingerprint density at radius 3 is 2.54 bits per heavy atom. The Labute approximate surface area is 168 Å². The lowest BCUT2D eigenvalue weighted by Crippen LogP contribution is -2.34. The van der Waals surface area contributed by atoms with E-state index in [-0.39, 0.29) is 11.0 Å². The highest BCUT2D eigenvalue weighted by Crippen LogP contribution is 2.27. The van der Waals surface area contributed by atoms with E-state index in [0.29, 0.717) is 11.3 Å². The van der Waals surface area contributed by atoms with Gasteiger partial charge in [-0.25, -0.2) is 0 Å². The van der Waals surface area contributed by atoms with Gasteiger partial charge in [-0.15, -0.1) is 0 Å². The number of amides is 1. The van der Waals surface area contributed by atoms with Gasteiger partial charge < -0.3 is 10.1 Å². The largest absolute Gasteiger partial charge is 0.496 e. The molecule has 2 aromatic carbocycles. The number of nitrogens with one attached hydrogen (secondary N) is 2. The van der Waals surface area contributed by atoms with Crippen molar-refractivity contribution < 1.29 is 9.53 Å². The average Bonchev–Trinajstić information content (AvgIpc) is 2.49. The number of aryl methyl sites for hydroxylation is 2. The third-order valence-electron chi connectivity index (χ3n) is 3.35. The Morgan fingerprint density at radius 2 is 1.92 bits per heavy atom. The summed E-state index contributed by atoms with van der Waals surface area (Å²) in [5, 5.41) is 5.98. The number of methoxy groups -OCH3 is 1. The molecule has 0 aromatic heterocycles. The standard InChI is InChI=1S/C17H16BrIN2O2S/c1-9-7-12(19)4-5-14(9)20-17(24)21-16(22)13-8-11(18)6-10(2)15(13)23-3/h4-8H,1-3H3,(H2,20,21,22,24). The fraction of sp³-hybridized carbons (Fsp3) is 0.176. The van der Waals surface area contributed by atoms with E-state index in [1.165, 1.54) is 0 Å². The summed E-state index contributed by atoms with van der Waals surface area (Å²) in [4.78, 5) is 12.5. The van der Waals surface area contributed by atoms with Crippen molar-refractivity contribution in [1.29, 1.82) is 0 Å². The van der Waals surface area contributed by atoms with Gasteiger partial charge >= 0.3 is 0 Å². The van der Waals surface area contributed by atoms with Crippen molar-refractivity contribution in [2.24, 2.45) is 0 Å². The Hall–Kier alpha value is -1.19. The van der Waals surface area contributed by atoms with E-state index in [1.54, 1.807) is 13.2 Å². The molecule has 126 valence electrons. The van der Waals surface area contributed by atoms with E-state index in [4.69, 9.17) is 17.0 Å². The molecule has 0 saturated heterocycles. The Morgan fingerprint density at radius 1 is 1.21 bits per heavy atom. The van der Waals surface area contributed by atoms with Crippen LogP contribution in [0.1, 0.15) is 21.5 Å². The van der Waals surface area contributed by atoms with Crippen molar-refractivity contribution in [3.05, 3.63) is 55.1 Å². The van der Waals surface area contributed by atoms with Gasteiger partial charge in [0, 0.05) is 13.7 Å². The second kappa shape index (κ2) is 8.26. The molecule has 1 amide bonds. The smallest absolute Gasteiger partial charge is 0.261 e. The first kappa shape index (κ1) is 19.1. The molecule has 0 fully saturated rings. The third kappa shape index (κ3) is 4.67. The highest BCUT2D eigenvalue weighted by atomic mass is 127. The van der Waals surface area contributed by atoms with Crippen molar-refractivity contribution in [3.8, 4) is 5.75 Å². The molecule has 24 heavy (non-hydrogen) atoms. The molecular weight excluding hydrogens is 503 g/mol. The van der Waals surface area contributed by atoms with Crippen LogP contribution in [0, 0.1) is 17.4 Å². The van der Waals surface area contributed by atoms with Crippen LogP contribution in [0.5, 0.6) is 5.75 Å². The summed E-state index contributed by atoms with van der Waals surface area (Å²) in [7, 11) is 1.54. The minimum atomic E-state index is -0.322. The van der Waals surface area contributed by atoms with Crippen molar-refractivity contribution in [1.82, 2.24) is 5.32 Å². The summed E-state index contributed by atoms with van der Waals surface area (Å²) in [6.07, 6.45) is 0. The highest BCUT2D eigenvalue weighted by Gasteiger charge is 2.17. The number of hydrogen-bond donors (Lipinski definition) is 2. The molecule has 0 spiro atoms. The number of thiocarbonyl (C=S) groups is 1. The van der Waals surface area contributed by atoms with Gasteiger partial charge in [-0.3, -0.25) is 10.1 Å². The van der Waals surface area contributed by atoms with Crippen LogP contribution in [0.2, 0.25) is 0 Å². The number of halogens is 2. The summed E-state index contributed by atoms with van der Waals surface area (Å²) in [6.45, 7) is 3.86. The molecule has 0 aliphatic carbocycles. The van der Waals surface area contributed by atoms with Crippen LogP contribution in [0.4, 0.5) is 5.69 Å². The molecule has 0 heterocycles. The fourth-order valence-corrected chi connectivity index (χ4v) is 3.68. The lowest BCUT2D eigenvalue weighted by atomic mass is 10.1. The van der Waals surface area contributed by atoms with Crippen LogP contribution >= 0.6 is 50.7 Å². The van der Waals surface area contributed by atoms with Gasteiger partial charge in [0.1, 0.15) is 5.75 Å². The Bertz CT molecular complexity index is 811. The summed E-state index contributed by atoms with van der Waals surface area (Å²) in [5.41, 5.74) is 3.20. The van der Waals surface area contributed by atoms with Gasteiger partial charge in [0.25, 0.3) is 5.91 Å². The topological polar surface area (TPSA) is 50.4 Å². The average molecular weight is 519 g/mol. The lowest BCUT2D eigenvalue weighted by Gasteiger charge is -2.14. The van der Waals surface area contributed by atoms with E-state index in [0.717, 1.165) is 24.9 Å². The molecule has 0 aliphatic heterocycles. The molecule has 7 heteroatoms. The summed E-state index contributed by atoms with van der Waals surface area (Å²) in [5.74, 6) is 0.209. The van der Waals surface area contributed by atoms with Crippen molar-refractivity contribution in [3.63, 3.8) is 0 Å². The Balaban J connectivity index is 2.16. The first-order chi connectivity index (χ1) is 11.3. The molecule has 2 rings (SSSR count). The van der Waals surface area contributed by atoms with Gasteiger partial charge in [-0.2, -0.15) is 0 Å². The van der Waals surface area contributed by atoms with Gasteiger partial charge in [0.05, 0.1) is 12.7 Å². The number of carbonyl (C=O) groups excluding carboxylic acids is 1. The third-order valence-corrected chi connectivity index (χ3v) is 4.68. The molecule has 0 aliphatic rings. The molecular formula is C17H16BrIN2O2S. The van der Waals surface area contributed by atoms with Crippen LogP contribution in [0.25, 0.3) is 0 Å². The number of benzene rings is 2. The predicted octanol–water partition coefficient (Wildman–Crippen LogP) is 4.81. The van der Waals surface area contributed by atoms with E-state index in [2.05, 4.69) is 49.2 Å². The Kier molecular flexibility index (Phi) is 6.59. The van der Waals surface area contributed by atoms with E-state index >= 15 is 0 Å². The highest BCUT2D eigenvalue weighted by molar-refractivity contribution is 14.1. The van der Waals surface area contributed by atoms with Gasteiger partial charge in [0.2, 0.25) is 0 Å². The number of anilines is 1. The maximum absolute atomic E-state index is 12.5. The minimum Gasteiger partial charge on any atom is -0.496 e. The SMILES string of the molecule is COc1c(C)cc(Br)cc1C(=O)NC(=S)Nc1ccc(I)cc1C. The summed E-state index contributed by atoms with van der Waals surface area (Å²) < 4.78 is 7.28. The zero-order chi connectivity index (χ0) is 17.9. The van der Waals surface area contributed by atoms with Gasteiger partial charge in [-0.1, -0.05) is 15.9 Å². The van der Waals surface area contributed by atoms with Crippen molar-refractivity contribution in [2.75, 3.05) is 12.4 Å². The molecule has 0 atom stereocenters. The van der Waals surface area contributed by atoms with E-state index in [9.17, 15) is 4.79 Å². The second-order valence-electron chi connectivity index (χ2n) is 5.17. The first-order valence-corrected chi connectivity index (χ1v) is 9.32. The molecule has 0 bridgehead atoms. The minimum absolute atomic E-state index is 0.240. The maximum atomic E-state index is 12.5. The van der Waals surface area contributed by atoms with E-state index in [1.807, 2.05) is 38.1 Å².